The molecule has 0 unspecified atom stereocenters. The predicted octanol–water partition coefficient (Wildman–Crippen LogP) is -0.164. The van der Waals surface area contributed by atoms with Crippen molar-refractivity contribution in [3.8, 4) is 0 Å². The van der Waals surface area contributed by atoms with Crippen molar-refractivity contribution in [2.75, 3.05) is 13.7 Å². The van der Waals surface area contributed by atoms with Gasteiger partial charge in [-0.3, -0.25) is 4.79 Å². The molecule has 18 heavy (non-hydrogen) atoms. The molecular weight excluding hydrogens is 262 g/mol. The standard InChI is InChI=1S/C10H11NO6S/c1-17-9(12)6-11-18(15,16)8-4-2-7(3-5-8)10(13)14/h2-5,11H,6H2,1H3,(H,13,14). The molecule has 98 valence electrons. The average molecular weight is 273 g/mol. The van der Waals surface area contributed by atoms with E-state index in [1.54, 1.807) is 0 Å². The lowest BCUT2D eigenvalue weighted by atomic mass is 10.2. The number of carbonyl (C=O) groups excluding carboxylic acids is 1. The van der Waals surface area contributed by atoms with E-state index in [0.29, 0.717) is 0 Å². The Hall–Kier alpha value is -1.93. The molecule has 0 amide bonds. The second-order valence-corrected chi connectivity index (χ2v) is 5.00. The maximum atomic E-state index is 11.7. The van der Waals surface area contributed by atoms with Crippen LogP contribution < -0.4 is 4.72 Å². The highest BCUT2D eigenvalue weighted by Gasteiger charge is 2.16. The average Bonchev–Trinajstić information content (AvgIpc) is 2.36. The first-order valence-corrected chi connectivity index (χ1v) is 6.25. The number of carbonyl (C=O) groups is 2. The molecule has 2 N–H and O–H groups in total. The SMILES string of the molecule is COC(=O)CNS(=O)(=O)c1ccc(C(=O)O)cc1. The summed E-state index contributed by atoms with van der Waals surface area (Å²) in [5.74, 6) is -1.87. The Labute approximate surface area is 103 Å². The third-order valence-corrected chi connectivity index (χ3v) is 3.46. The van der Waals surface area contributed by atoms with Gasteiger partial charge in [0.1, 0.15) is 6.54 Å². The molecule has 8 heteroatoms. The summed E-state index contributed by atoms with van der Waals surface area (Å²) in [6.07, 6.45) is 0. The first kappa shape index (κ1) is 14.1. The monoisotopic (exact) mass is 273 g/mol. The van der Waals surface area contributed by atoms with Gasteiger partial charge in [-0.1, -0.05) is 0 Å². The van der Waals surface area contributed by atoms with Crippen LogP contribution in [0.4, 0.5) is 0 Å². The molecule has 1 rings (SSSR count). The molecule has 1 aromatic carbocycles. The fraction of sp³-hybridized carbons (Fsp3) is 0.200. The fourth-order valence-corrected chi connectivity index (χ4v) is 2.06. The molecule has 0 aliphatic heterocycles. The normalized spacial score (nSPS) is 10.9. The third kappa shape index (κ3) is 3.54. The number of methoxy groups -OCH3 is 1. The van der Waals surface area contributed by atoms with Crippen molar-refractivity contribution in [3.05, 3.63) is 29.8 Å². The Bertz CT molecular complexity index is 548. The van der Waals surface area contributed by atoms with Crippen LogP contribution in [-0.4, -0.2) is 39.1 Å². The Morgan fingerprint density at radius 3 is 2.28 bits per heavy atom. The zero-order chi connectivity index (χ0) is 13.8. The summed E-state index contributed by atoms with van der Waals surface area (Å²) in [5, 5.41) is 8.66. The van der Waals surface area contributed by atoms with Gasteiger partial charge in [0, 0.05) is 0 Å². The molecule has 7 nitrogen and oxygen atoms in total. The van der Waals surface area contributed by atoms with Crippen LogP contribution in [0.15, 0.2) is 29.2 Å². The van der Waals surface area contributed by atoms with Gasteiger partial charge in [0.05, 0.1) is 17.6 Å². The van der Waals surface area contributed by atoms with E-state index < -0.39 is 28.5 Å². The molecule has 0 heterocycles. The van der Waals surface area contributed by atoms with E-state index in [2.05, 4.69) is 4.74 Å². The number of carboxylic acid groups (broad SMARTS) is 1. The van der Waals surface area contributed by atoms with Gasteiger partial charge in [-0.25, -0.2) is 13.2 Å². The van der Waals surface area contributed by atoms with Crippen LogP contribution in [0.1, 0.15) is 10.4 Å². The van der Waals surface area contributed by atoms with Crippen LogP contribution in [0, 0.1) is 0 Å². The van der Waals surface area contributed by atoms with Gasteiger partial charge in [0.2, 0.25) is 10.0 Å². The molecule has 0 saturated heterocycles. The number of nitrogens with one attached hydrogen (secondary N) is 1. The minimum Gasteiger partial charge on any atom is -0.478 e. The molecule has 1 aromatic rings. The van der Waals surface area contributed by atoms with Gasteiger partial charge in [0.25, 0.3) is 0 Å². The second kappa shape index (κ2) is 5.61. The van der Waals surface area contributed by atoms with Crippen LogP contribution in [0.2, 0.25) is 0 Å². The van der Waals surface area contributed by atoms with E-state index in [4.69, 9.17) is 5.11 Å². The third-order valence-electron chi connectivity index (χ3n) is 2.05. The maximum Gasteiger partial charge on any atom is 0.335 e. The molecule has 0 atom stereocenters. The quantitative estimate of drug-likeness (QED) is 0.721. The molecule has 0 aromatic heterocycles. The molecule has 0 bridgehead atoms. The molecule has 0 radical (unpaired) electrons. The predicted molar refractivity (Wildman–Crippen MR) is 60.6 cm³/mol. The van der Waals surface area contributed by atoms with Gasteiger partial charge in [0.15, 0.2) is 0 Å². The first-order chi connectivity index (χ1) is 8.36. The largest absolute Gasteiger partial charge is 0.478 e. The molecule has 0 aliphatic rings. The summed E-state index contributed by atoms with van der Waals surface area (Å²) in [6.45, 7) is -0.487. The van der Waals surface area contributed by atoms with E-state index in [9.17, 15) is 18.0 Å². The summed E-state index contributed by atoms with van der Waals surface area (Å²) in [4.78, 5) is 21.3. The Morgan fingerprint density at radius 2 is 1.83 bits per heavy atom. The summed E-state index contributed by atoms with van der Waals surface area (Å²) in [5.41, 5.74) is -0.0260. The van der Waals surface area contributed by atoms with Crippen LogP contribution >= 0.6 is 0 Å². The zero-order valence-electron chi connectivity index (χ0n) is 9.41. The van der Waals surface area contributed by atoms with E-state index in [-0.39, 0.29) is 10.5 Å². The zero-order valence-corrected chi connectivity index (χ0v) is 10.2. The molecular formula is C10H11NO6S. The number of esters is 1. The highest BCUT2D eigenvalue weighted by Crippen LogP contribution is 2.10. The number of hydrogen-bond acceptors (Lipinski definition) is 5. The van der Waals surface area contributed by atoms with Crippen molar-refractivity contribution in [1.82, 2.24) is 4.72 Å². The van der Waals surface area contributed by atoms with E-state index in [0.717, 1.165) is 31.4 Å². The summed E-state index contributed by atoms with van der Waals surface area (Å²) < 4.78 is 29.6. The number of sulfonamides is 1. The minimum absolute atomic E-state index is 0.0260. The van der Waals surface area contributed by atoms with Crippen molar-refractivity contribution in [2.24, 2.45) is 0 Å². The van der Waals surface area contributed by atoms with Crippen molar-refractivity contribution < 1.29 is 27.9 Å². The van der Waals surface area contributed by atoms with Crippen molar-refractivity contribution in [2.45, 2.75) is 4.90 Å². The molecule has 0 fully saturated rings. The first-order valence-electron chi connectivity index (χ1n) is 4.76. The van der Waals surface area contributed by atoms with Gasteiger partial charge in [-0.2, -0.15) is 4.72 Å². The lowest BCUT2D eigenvalue weighted by Crippen LogP contribution is -2.30. The van der Waals surface area contributed by atoms with Crippen LogP contribution in [0.3, 0.4) is 0 Å². The number of aromatic carboxylic acids is 1. The van der Waals surface area contributed by atoms with Crippen LogP contribution in [0.25, 0.3) is 0 Å². The van der Waals surface area contributed by atoms with E-state index in [1.165, 1.54) is 0 Å². The number of carboxylic acids is 1. The van der Waals surface area contributed by atoms with Gasteiger partial charge in [-0.15, -0.1) is 0 Å². The second-order valence-electron chi connectivity index (χ2n) is 3.23. The molecule has 0 spiro atoms. The van der Waals surface area contributed by atoms with E-state index in [1.807, 2.05) is 4.72 Å². The topological polar surface area (TPSA) is 110 Å². The Kier molecular flexibility index (Phi) is 4.40. The van der Waals surface area contributed by atoms with Crippen LogP contribution in [0.5, 0.6) is 0 Å². The number of benzene rings is 1. The van der Waals surface area contributed by atoms with E-state index >= 15 is 0 Å². The van der Waals surface area contributed by atoms with Crippen molar-refractivity contribution in [1.29, 1.82) is 0 Å². The van der Waals surface area contributed by atoms with Crippen LogP contribution in [-0.2, 0) is 19.6 Å². The van der Waals surface area contributed by atoms with Gasteiger partial charge < -0.3 is 9.84 Å². The highest BCUT2D eigenvalue weighted by atomic mass is 32.2. The maximum absolute atomic E-state index is 11.7. The minimum atomic E-state index is -3.85. The lowest BCUT2D eigenvalue weighted by molar-refractivity contribution is -0.139. The van der Waals surface area contributed by atoms with Gasteiger partial charge in [-0.05, 0) is 24.3 Å². The summed E-state index contributed by atoms with van der Waals surface area (Å²) in [6, 6.07) is 4.61. The lowest BCUT2D eigenvalue weighted by Gasteiger charge is -2.05. The number of hydrogen-bond donors (Lipinski definition) is 2. The number of rotatable bonds is 5. The molecule has 0 aliphatic carbocycles. The summed E-state index contributed by atoms with van der Waals surface area (Å²) >= 11 is 0. The summed E-state index contributed by atoms with van der Waals surface area (Å²) in [7, 11) is -2.71. The Morgan fingerprint density at radius 1 is 1.28 bits per heavy atom. The molecule has 0 saturated carbocycles. The van der Waals surface area contributed by atoms with Crippen molar-refractivity contribution in [3.63, 3.8) is 0 Å². The number of ether oxygens (including phenoxy) is 1. The van der Waals surface area contributed by atoms with Crippen molar-refractivity contribution >= 4 is 22.0 Å². The highest BCUT2D eigenvalue weighted by molar-refractivity contribution is 7.89. The van der Waals surface area contributed by atoms with Gasteiger partial charge >= 0.3 is 11.9 Å². The smallest absolute Gasteiger partial charge is 0.335 e. The Balaban J connectivity index is 2.85. The fourth-order valence-electron chi connectivity index (χ4n) is 1.09.